The van der Waals surface area contributed by atoms with E-state index in [1.54, 1.807) is 0 Å². The summed E-state index contributed by atoms with van der Waals surface area (Å²) in [7, 11) is 0. The lowest BCUT2D eigenvalue weighted by Crippen LogP contribution is -2.56. The molecule has 4 aromatic carbocycles. The lowest BCUT2D eigenvalue weighted by molar-refractivity contribution is -0.895. The summed E-state index contributed by atoms with van der Waals surface area (Å²) >= 11 is -2.77. The SMILES string of the molecule is Cc1ccc2cccc3c2[n+]1C[n+]1c(C)ccc2cccc(c21)[O][Al]([O]c1ccc(-c2ccccc2)cc1)[O]3. The molecule has 2 aromatic heterocycles. The zero-order chi connectivity index (χ0) is 26.3. The third kappa shape index (κ3) is 4.38. The summed E-state index contributed by atoms with van der Waals surface area (Å²) in [6, 6.07) is 39.4. The van der Waals surface area contributed by atoms with Crippen molar-refractivity contribution in [3.05, 3.63) is 127 Å². The highest BCUT2D eigenvalue weighted by Gasteiger charge is 2.47. The molecule has 0 spiro atoms. The van der Waals surface area contributed by atoms with E-state index in [-0.39, 0.29) is 0 Å². The molecule has 0 N–H and O–H groups in total. The number of para-hydroxylation sites is 2. The van der Waals surface area contributed by atoms with Gasteiger partial charge in [0, 0.05) is 26.0 Å². The summed E-state index contributed by atoms with van der Waals surface area (Å²) in [4.78, 5) is 0. The fraction of sp³-hybridized carbons (Fsp3) is 0.0909. The Kier molecular flexibility index (Phi) is 5.93. The summed E-state index contributed by atoms with van der Waals surface area (Å²) < 4.78 is 24.5. The maximum absolute atomic E-state index is 6.66. The number of nitrogens with zero attached hydrogens (tertiary/aromatic N) is 2. The molecular formula is C33H27AlN2O3+2. The Morgan fingerprint density at radius 1 is 0.564 bits per heavy atom. The first-order valence-corrected chi connectivity index (χ1v) is 14.6. The largest absolute Gasteiger partial charge is 1.20 e. The average molecular weight is 527 g/mol. The zero-order valence-electron chi connectivity index (χ0n) is 21.9. The van der Waals surface area contributed by atoms with Crippen LogP contribution in [0.5, 0.6) is 17.2 Å². The molecule has 0 bridgehead atoms. The first kappa shape index (κ1) is 23.7. The van der Waals surface area contributed by atoms with Gasteiger partial charge in [0.2, 0.25) is 0 Å². The van der Waals surface area contributed by atoms with Gasteiger partial charge in [-0.15, -0.1) is 9.13 Å². The molecule has 0 unspecified atom stereocenters. The van der Waals surface area contributed by atoms with Crippen molar-refractivity contribution in [2.45, 2.75) is 20.5 Å². The van der Waals surface area contributed by atoms with E-state index in [0.717, 1.165) is 56.0 Å². The van der Waals surface area contributed by atoms with E-state index in [1.165, 1.54) is 5.56 Å². The number of aromatic nitrogens is 2. The van der Waals surface area contributed by atoms with E-state index in [9.17, 15) is 0 Å². The van der Waals surface area contributed by atoms with Gasteiger partial charge in [-0.1, -0.05) is 54.6 Å². The normalized spacial score (nSPS) is 12.6. The highest BCUT2D eigenvalue weighted by molar-refractivity contribution is 6.40. The van der Waals surface area contributed by atoms with Gasteiger partial charge < -0.3 is 11.4 Å². The average Bonchev–Trinajstić information content (AvgIpc) is 2.96. The molecule has 39 heavy (non-hydrogen) atoms. The van der Waals surface area contributed by atoms with Crippen molar-refractivity contribution in [1.82, 2.24) is 0 Å². The minimum absolute atomic E-state index is 0.640. The van der Waals surface area contributed by atoms with E-state index in [2.05, 4.69) is 83.6 Å². The molecule has 0 amide bonds. The van der Waals surface area contributed by atoms with Crippen LogP contribution in [0.3, 0.4) is 0 Å². The molecule has 3 heterocycles. The van der Waals surface area contributed by atoms with Crippen molar-refractivity contribution in [2.24, 2.45) is 0 Å². The number of hydrogen-bond donors (Lipinski definition) is 0. The maximum atomic E-state index is 6.66. The van der Waals surface area contributed by atoms with Crippen LogP contribution in [0.2, 0.25) is 0 Å². The van der Waals surface area contributed by atoms with Crippen molar-refractivity contribution in [3.63, 3.8) is 0 Å². The van der Waals surface area contributed by atoms with Gasteiger partial charge in [0.1, 0.15) is 0 Å². The third-order valence-corrected chi connectivity index (χ3v) is 8.74. The smallest absolute Gasteiger partial charge is 0.577 e. The minimum Gasteiger partial charge on any atom is -0.577 e. The van der Waals surface area contributed by atoms with Crippen LogP contribution >= 0.6 is 0 Å². The van der Waals surface area contributed by atoms with Gasteiger partial charge >= 0.3 is 21.8 Å². The highest BCUT2D eigenvalue weighted by Crippen LogP contribution is 2.29. The summed E-state index contributed by atoms with van der Waals surface area (Å²) in [6.45, 7) is 4.92. The Labute approximate surface area is 232 Å². The lowest BCUT2D eigenvalue weighted by atomic mass is 10.1. The van der Waals surface area contributed by atoms with Crippen LogP contribution in [0.25, 0.3) is 32.9 Å². The van der Waals surface area contributed by atoms with Crippen LogP contribution in [-0.4, -0.2) is 15.1 Å². The number of rotatable bonds is 3. The zero-order valence-corrected chi connectivity index (χ0v) is 23.0. The van der Waals surface area contributed by atoms with Crippen molar-refractivity contribution in [2.75, 3.05) is 0 Å². The fourth-order valence-corrected chi connectivity index (χ4v) is 6.64. The van der Waals surface area contributed by atoms with Crippen molar-refractivity contribution >= 4 is 37.0 Å². The van der Waals surface area contributed by atoms with Gasteiger partial charge in [-0.2, -0.15) is 0 Å². The van der Waals surface area contributed by atoms with Gasteiger partial charge in [-0.25, -0.2) is 0 Å². The molecule has 1 aliphatic heterocycles. The molecule has 0 fully saturated rings. The Balaban J connectivity index is 1.37. The van der Waals surface area contributed by atoms with Crippen LogP contribution in [0.15, 0.2) is 115 Å². The van der Waals surface area contributed by atoms with Crippen LogP contribution in [-0.2, 0) is 6.67 Å². The second-order valence-electron chi connectivity index (χ2n) is 9.87. The molecule has 0 aliphatic carbocycles. The van der Waals surface area contributed by atoms with Crippen molar-refractivity contribution in [1.29, 1.82) is 0 Å². The van der Waals surface area contributed by atoms with Crippen molar-refractivity contribution in [3.8, 4) is 28.4 Å². The molecule has 7 rings (SSSR count). The number of hydrogen-bond acceptors (Lipinski definition) is 3. The molecule has 5 nitrogen and oxygen atoms in total. The number of aryl methyl sites for hydroxylation is 2. The van der Waals surface area contributed by atoms with Gasteiger partial charge in [-0.3, -0.25) is 0 Å². The van der Waals surface area contributed by atoms with Gasteiger partial charge in [0.15, 0.2) is 22.9 Å². The van der Waals surface area contributed by atoms with Gasteiger partial charge in [0.05, 0.1) is 16.5 Å². The molecular weight excluding hydrogens is 499 g/mol. The Morgan fingerprint density at radius 2 is 1.10 bits per heavy atom. The Bertz CT molecular complexity index is 1750. The second kappa shape index (κ2) is 9.74. The standard InChI is InChI=1S/C21H18N2O2.C12H10O.Al/c1-14-9-11-16-5-3-7-18(24)20(16)22(14)13-23-15(2)10-12-17-6-4-8-19(25)21(17)23;13-12-8-6-11(7-9-12)10-4-2-1-3-5-10;/h3-12H,13H2,1-2H3;1-9,13H;/q;;+3/p-1. The summed E-state index contributed by atoms with van der Waals surface area (Å²) in [6.07, 6.45) is 0. The van der Waals surface area contributed by atoms with Crippen molar-refractivity contribution < 1.29 is 20.5 Å². The molecule has 6 aromatic rings. The van der Waals surface area contributed by atoms with Crippen LogP contribution < -0.4 is 20.5 Å². The number of pyridine rings is 2. The summed E-state index contributed by atoms with van der Waals surface area (Å²) in [5.41, 5.74) is 6.66. The van der Waals surface area contributed by atoms with Gasteiger partial charge in [-0.05, 0) is 59.7 Å². The Hall–Kier alpha value is -4.37. The topological polar surface area (TPSA) is 35.5 Å². The van der Waals surface area contributed by atoms with E-state index in [0.29, 0.717) is 6.67 Å². The second-order valence-corrected chi connectivity index (χ2v) is 11.2. The molecule has 0 atom stereocenters. The van der Waals surface area contributed by atoms with E-state index in [4.69, 9.17) is 11.4 Å². The van der Waals surface area contributed by atoms with Crippen LogP contribution in [0.4, 0.5) is 0 Å². The quantitative estimate of drug-likeness (QED) is 0.204. The molecule has 6 heteroatoms. The lowest BCUT2D eigenvalue weighted by Gasteiger charge is -2.19. The molecule has 1 aliphatic rings. The first-order chi connectivity index (χ1) is 19.1. The van der Waals surface area contributed by atoms with Gasteiger partial charge in [0.25, 0.3) is 11.0 Å². The van der Waals surface area contributed by atoms with E-state index in [1.807, 2.05) is 54.6 Å². The summed E-state index contributed by atoms with van der Waals surface area (Å²) in [5, 5.41) is 2.22. The minimum atomic E-state index is -2.77. The predicted molar refractivity (Wildman–Crippen MR) is 153 cm³/mol. The number of benzene rings is 4. The van der Waals surface area contributed by atoms with Crippen LogP contribution in [0, 0.1) is 13.8 Å². The van der Waals surface area contributed by atoms with E-state index < -0.39 is 15.1 Å². The fourth-order valence-electron chi connectivity index (χ4n) is 5.32. The highest BCUT2D eigenvalue weighted by atomic mass is 27.3. The van der Waals surface area contributed by atoms with E-state index >= 15 is 0 Å². The van der Waals surface area contributed by atoms with Crippen LogP contribution in [0.1, 0.15) is 11.4 Å². The molecule has 188 valence electrons. The summed E-state index contributed by atoms with van der Waals surface area (Å²) in [5.74, 6) is 2.24. The molecule has 0 saturated carbocycles. The predicted octanol–water partition coefficient (Wildman–Crippen LogP) is 6.19. The molecule has 0 saturated heterocycles. The Morgan fingerprint density at radius 3 is 1.67 bits per heavy atom. The maximum Gasteiger partial charge on any atom is 1.20 e. The first-order valence-electron chi connectivity index (χ1n) is 13.1. The third-order valence-electron chi connectivity index (χ3n) is 7.38. The monoisotopic (exact) mass is 526 g/mol. The molecule has 0 radical (unpaired) electrons.